The van der Waals surface area contributed by atoms with E-state index in [2.05, 4.69) is 31.1 Å². The van der Waals surface area contributed by atoms with Crippen LogP contribution in [-0.4, -0.2) is 9.91 Å². The minimum atomic E-state index is -0.363. The van der Waals surface area contributed by atoms with E-state index in [1.165, 1.54) is 0 Å². The van der Waals surface area contributed by atoms with Crippen LogP contribution < -0.4 is 5.32 Å². The highest BCUT2D eigenvalue weighted by Crippen LogP contribution is 2.27. The van der Waals surface area contributed by atoms with Crippen molar-refractivity contribution in [2.24, 2.45) is 0 Å². The fourth-order valence-corrected chi connectivity index (χ4v) is 2.81. The fraction of sp³-hybridized carbons (Fsp3) is 0.400. The predicted molar refractivity (Wildman–Crippen MR) is 86.0 cm³/mol. The van der Waals surface area contributed by atoms with Gasteiger partial charge in [-0.2, -0.15) is 0 Å². The number of aromatic nitrogens is 1. The number of rotatable bonds is 4. The number of hydrogen-bond donors (Lipinski definition) is 1. The van der Waals surface area contributed by atoms with Crippen LogP contribution in [0.2, 0.25) is 0 Å². The van der Waals surface area contributed by atoms with Crippen molar-refractivity contribution < 1.29 is 4.92 Å². The van der Waals surface area contributed by atoms with Crippen LogP contribution in [0.3, 0.4) is 0 Å². The van der Waals surface area contributed by atoms with Gasteiger partial charge in [0.2, 0.25) is 0 Å². The van der Waals surface area contributed by atoms with Crippen molar-refractivity contribution in [3.8, 4) is 0 Å². The zero-order valence-corrected chi connectivity index (χ0v) is 13.5. The SMILES string of the molecule is Cc1ccc(NCc2nc(C(C)(C)C)cs2)c([N+](=O)[O-])c1. The molecule has 0 saturated heterocycles. The van der Waals surface area contributed by atoms with Crippen molar-refractivity contribution in [3.05, 3.63) is 50.0 Å². The van der Waals surface area contributed by atoms with Crippen molar-refractivity contribution in [3.63, 3.8) is 0 Å². The number of aryl methyl sites for hydroxylation is 1. The molecule has 0 unspecified atom stereocenters. The van der Waals surface area contributed by atoms with Gasteiger partial charge in [-0.25, -0.2) is 4.98 Å². The Hall–Kier alpha value is -1.95. The number of nitro groups is 1. The number of benzene rings is 1. The maximum absolute atomic E-state index is 11.1. The van der Waals surface area contributed by atoms with Gasteiger partial charge in [0, 0.05) is 16.9 Å². The second-order valence-electron chi connectivity index (χ2n) is 6.01. The fourth-order valence-electron chi connectivity index (χ4n) is 1.85. The second kappa shape index (κ2) is 5.81. The Morgan fingerprint density at radius 2 is 2.10 bits per heavy atom. The zero-order valence-electron chi connectivity index (χ0n) is 12.6. The van der Waals surface area contributed by atoms with Gasteiger partial charge in [-0.15, -0.1) is 11.3 Å². The standard InChI is InChI=1S/C15H19N3O2S/c1-10-5-6-11(12(7-10)18(19)20)16-8-14-17-13(9-21-14)15(2,3)4/h5-7,9,16H,8H2,1-4H3. The molecule has 0 radical (unpaired) electrons. The highest BCUT2D eigenvalue weighted by atomic mass is 32.1. The van der Waals surface area contributed by atoms with Gasteiger partial charge in [0.1, 0.15) is 10.7 Å². The number of anilines is 1. The summed E-state index contributed by atoms with van der Waals surface area (Å²) in [5.41, 5.74) is 2.56. The molecular formula is C15H19N3O2S. The van der Waals surface area contributed by atoms with Gasteiger partial charge in [0.25, 0.3) is 5.69 Å². The maximum atomic E-state index is 11.1. The summed E-state index contributed by atoms with van der Waals surface area (Å²) < 4.78 is 0. The molecule has 0 aliphatic carbocycles. The molecule has 21 heavy (non-hydrogen) atoms. The van der Waals surface area contributed by atoms with Crippen LogP contribution in [0.5, 0.6) is 0 Å². The summed E-state index contributed by atoms with van der Waals surface area (Å²) >= 11 is 1.57. The third-order valence-corrected chi connectivity index (χ3v) is 3.95. The second-order valence-corrected chi connectivity index (χ2v) is 6.95. The summed E-state index contributed by atoms with van der Waals surface area (Å²) in [6, 6.07) is 5.17. The third-order valence-electron chi connectivity index (χ3n) is 3.10. The van der Waals surface area contributed by atoms with E-state index in [0.717, 1.165) is 16.3 Å². The number of hydrogen-bond acceptors (Lipinski definition) is 5. The van der Waals surface area contributed by atoms with Crippen molar-refractivity contribution in [1.82, 2.24) is 4.98 Å². The predicted octanol–water partition coefficient (Wildman–Crippen LogP) is 4.27. The Bertz CT molecular complexity index is 659. The first-order chi connectivity index (χ1) is 9.77. The van der Waals surface area contributed by atoms with Crippen LogP contribution in [0, 0.1) is 17.0 Å². The van der Waals surface area contributed by atoms with Gasteiger partial charge < -0.3 is 5.32 Å². The monoisotopic (exact) mass is 305 g/mol. The van der Waals surface area contributed by atoms with Crippen molar-refractivity contribution in [1.29, 1.82) is 0 Å². The summed E-state index contributed by atoms with van der Waals surface area (Å²) in [5.74, 6) is 0. The van der Waals surface area contributed by atoms with E-state index in [1.54, 1.807) is 23.5 Å². The number of nitro benzene ring substituents is 1. The maximum Gasteiger partial charge on any atom is 0.292 e. The summed E-state index contributed by atoms with van der Waals surface area (Å²) in [4.78, 5) is 15.3. The number of thiazole rings is 1. The molecule has 0 aliphatic rings. The minimum Gasteiger partial charge on any atom is -0.373 e. The van der Waals surface area contributed by atoms with Gasteiger partial charge in [0.15, 0.2) is 0 Å². The molecule has 2 rings (SSSR count). The highest BCUT2D eigenvalue weighted by molar-refractivity contribution is 7.09. The van der Waals surface area contributed by atoms with Gasteiger partial charge >= 0.3 is 0 Å². The smallest absolute Gasteiger partial charge is 0.292 e. The molecule has 0 bridgehead atoms. The number of nitrogens with one attached hydrogen (secondary N) is 1. The van der Waals surface area contributed by atoms with Gasteiger partial charge in [-0.3, -0.25) is 10.1 Å². The molecule has 6 heteroatoms. The first-order valence-corrected chi connectivity index (χ1v) is 7.59. The summed E-state index contributed by atoms with van der Waals surface area (Å²) in [7, 11) is 0. The highest BCUT2D eigenvalue weighted by Gasteiger charge is 2.18. The topological polar surface area (TPSA) is 68.1 Å². The summed E-state index contributed by atoms with van der Waals surface area (Å²) in [6.07, 6.45) is 0. The lowest BCUT2D eigenvalue weighted by molar-refractivity contribution is -0.384. The molecule has 112 valence electrons. The van der Waals surface area contributed by atoms with E-state index >= 15 is 0 Å². The Morgan fingerprint density at radius 3 is 2.67 bits per heavy atom. The van der Waals surface area contributed by atoms with E-state index in [9.17, 15) is 10.1 Å². The first-order valence-electron chi connectivity index (χ1n) is 6.71. The molecule has 1 aromatic carbocycles. The van der Waals surface area contributed by atoms with E-state index < -0.39 is 0 Å². The molecule has 5 nitrogen and oxygen atoms in total. The molecular weight excluding hydrogens is 286 g/mol. The van der Waals surface area contributed by atoms with E-state index in [-0.39, 0.29) is 16.0 Å². The molecule has 1 heterocycles. The van der Waals surface area contributed by atoms with Crippen LogP contribution in [0.25, 0.3) is 0 Å². The summed E-state index contributed by atoms with van der Waals surface area (Å²) in [6.45, 7) is 8.68. The molecule has 1 N–H and O–H groups in total. The van der Waals surface area contributed by atoms with Gasteiger partial charge in [0.05, 0.1) is 17.2 Å². The molecule has 0 saturated carbocycles. The van der Waals surface area contributed by atoms with Crippen molar-refractivity contribution in [2.75, 3.05) is 5.32 Å². The largest absolute Gasteiger partial charge is 0.373 e. The van der Waals surface area contributed by atoms with Crippen LogP contribution in [0.4, 0.5) is 11.4 Å². The zero-order chi connectivity index (χ0) is 15.6. The van der Waals surface area contributed by atoms with Gasteiger partial charge in [-0.05, 0) is 18.6 Å². The first kappa shape index (κ1) is 15.4. The van der Waals surface area contributed by atoms with E-state index in [4.69, 9.17) is 0 Å². The van der Waals surface area contributed by atoms with Crippen LogP contribution in [0.15, 0.2) is 23.6 Å². The van der Waals surface area contributed by atoms with E-state index in [0.29, 0.717) is 12.2 Å². The lowest BCUT2D eigenvalue weighted by atomic mass is 9.93. The van der Waals surface area contributed by atoms with Gasteiger partial charge in [-0.1, -0.05) is 26.8 Å². The molecule has 1 aromatic heterocycles. The van der Waals surface area contributed by atoms with Crippen LogP contribution >= 0.6 is 11.3 Å². The molecule has 2 aromatic rings. The van der Waals surface area contributed by atoms with Crippen molar-refractivity contribution >= 4 is 22.7 Å². The minimum absolute atomic E-state index is 0.0185. The van der Waals surface area contributed by atoms with Crippen molar-refractivity contribution in [2.45, 2.75) is 39.7 Å². The molecule has 0 spiro atoms. The average molecular weight is 305 g/mol. The lowest BCUT2D eigenvalue weighted by Crippen LogP contribution is -2.12. The summed E-state index contributed by atoms with van der Waals surface area (Å²) in [5, 5.41) is 17.2. The molecule has 0 aliphatic heterocycles. The quantitative estimate of drug-likeness (QED) is 0.676. The van der Waals surface area contributed by atoms with Crippen LogP contribution in [-0.2, 0) is 12.0 Å². The Balaban J connectivity index is 2.13. The Labute approximate surface area is 128 Å². The van der Waals surface area contributed by atoms with Crippen LogP contribution in [0.1, 0.15) is 37.0 Å². The molecule has 0 atom stereocenters. The Kier molecular flexibility index (Phi) is 4.27. The average Bonchev–Trinajstić information content (AvgIpc) is 2.85. The normalized spacial score (nSPS) is 11.4. The third kappa shape index (κ3) is 3.78. The lowest BCUT2D eigenvalue weighted by Gasteiger charge is -2.14. The molecule has 0 amide bonds. The van der Waals surface area contributed by atoms with E-state index in [1.807, 2.05) is 18.4 Å². The number of nitrogens with zero attached hydrogens (tertiary/aromatic N) is 2. The Morgan fingerprint density at radius 1 is 1.38 bits per heavy atom. The molecule has 0 fully saturated rings.